The number of para-hydroxylation sites is 1. The van der Waals surface area contributed by atoms with Crippen LogP contribution in [0.1, 0.15) is 18.2 Å². The zero-order chi connectivity index (χ0) is 22.2. The average Bonchev–Trinajstić information content (AvgIpc) is 3.23. The lowest BCUT2D eigenvalue weighted by Crippen LogP contribution is -2.39. The first-order valence-electron chi connectivity index (χ1n) is 10.7. The van der Waals surface area contributed by atoms with Crippen molar-refractivity contribution in [2.24, 2.45) is 0 Å². The quantitative estimate of drug-likeness (QED) is 0.455. The minimum atomic E-state index is -0.671. The van der Waals surface area contributed by atoms with Crippen LogP contribution in [0.5, 0.6) is 5.75 Å². The Balaban J connectivity index is 1.42. The van der Waals surface area contributed by atoms with Crippen molar-refractivity contribution in [2.45, 2.75) is 26.4 Å². The van der Waals surface area contributed by atoms with Crippen molar-refractivity contribution in [3.63, 3.8) is 0 Å². The molecule has 1 aliphatic rings. The zero-order valence-corrected chi connectivity index (χ0v) is 18.0. The zero-order valence-electron chi connectivity index (χ0n) is 18.0. The summed E-state index contributed by atoms with van der Waals surface area (Å²) in [5.41, 5.74) is 3.86. The van der Waals surface area contributed by atoms with Crippen molar-refractivity contribution in [1.29, 1.82) is 0 Å². The number of hydrogen-bond acceptors (Lipinski definition) is 4. The van der Waals surface area contributed by atoms with E-state index in [2.05, 4.69) is 0 Å². The van der Waals surface area contributed by atoms with Crippen LogP contribution in [0.25, 0.3) is 22.1 Å². The Bertz CT molecular complexity index is 1370. The van der Waals surface area contributed by atoms with E-state index >= 15 is 0 Å². The molecule has 0 N–H and O–H groups in total. The lowest BCUT2D eigenvalue weighted by Gasteiger charge is -2.22. The molecule has 0 saturated carbocycles. The van der Waals surface area contributed by atoms with E-state index in [0.717, 1.165) is 17.7 Å². The molecule has 32 heavy (non-hydrogen) atoms. The number of benzene rings is 3. The van der Waals surface area contributed by atoms with Crippen LogP contribution < -0.4 is 15.1 Å². The van der Waals surface area contributed by atoms with Crippen LogP contribution >= 0.6 is 0 Å². The largest absolute Gasteiger partial charge is 0.481 e. The lowest BCUT2D eigenvalue weighted by atomic mass is 10.0. The molecule has 0 saturated heterocycles. The summed E-state index contributed by atoms with van der Waals surface area (Å²) in [6.45, 7) is 4.18. The summed E-state index contributed by atoms with van der Waals surface area (Å²) < 4.78 is 11.9. The van der Waals surface area contributed by atoms with Gasteiger partial charge in [-0.1, -0.05) is 48.5 Å². The van der Waals surface area contributed by atoms with Gasteiger partial charge >= 0.3 is 0 Å². The van der Waals surface area contributed by atoms with Crippen molar-refractivity contribution in [1.82, 2.24) is 0 Å². The molecule has 0 bridgehead atoms. The van der Waals surface area contributed by atoms with E-state index in [1.54, 1.807) is 36.9 Å². The molecule has 0 aliphatic carbocycles. The number of carbonyl (C=O) groups is 1. The minimum Gasteiger partial charge on any atom is -0.481 e. The summed E-state index contributed by atoms with van der Waals surface area (Å²) in [5, 5.41) is 0.481. The second kappa shape index (κ2) is 8.00. The van der Waals surface area contributed by atoms with Crippen LogP contribution in [0, 0.1) is 6.92 Å². The maximum atomic E-state index is 13.1. The molecular weight excluding hydrogens is 402 g/mol. The third-order valence-corrected chi connectivity index (χ3v) is 5.92. The van der Waals surface area contributed by atoms with Gasteiger partial charge in [0.25, 0.3) is 5.91 Å². The van der Waals surface area contributed by atoms with Gasteiger partial charge in [-0.2, -0.15) is 0 Å². The summed E-state index contributed by atoms with van der Waals surface area (Å²) in [6.07, 6.45) is 0.175. The highest BCUT2D eigenvalue weighted by Crippen LogP contribution is 2.30. The van der Waals surface area contributed by atoms with E-state index < -0.39 is 6.10 Å². The Morgan fingerprint density at radius 3 is 2.59 bits per heavy atom. The Morgan fingerprint density at radius 2 is 1.78 bits per heavy atom. The monoisotopic (exact) mass is 425 g/mol. The third kappa shape index (κ3) is 3.46. The van der Waals surface area contributed by atoms with Gasteiger partial charge < -0.3 is 14.1 Å². The fourth-order valence-electron chi connectivity index (χ4n) is 4.34. The molecule has 0 radical (unpaired) electrons. The normalized spacial score (nSPS) is 13.8. The van der Waals surface area contributed by atoms with E-state index in [9.17, 15) is 9.59 Å². The molecule has 0 spiro atoms. The van der Waals surface area contributed by atoms with Crippen LogP contribution in [0.3, 0.4) is 0 Å². The van der Waals surface area contributed by atoms with Crippen molar-refractivity contribution in [3.8, 4) is 16.9 Å². The molecule has 1 atom stereocenters. The molecule has 160 valence electrons. The van der Waals surface area contributed by atoms with Gasteiger partial charge in [0.2, 0.25) is 5.43 Å². The van der Waals surface area contributed by atoms with Gasteiger partial charge in [-0.15, -0.1) is 0 Å². The third-order valence-electron chi connectivity index (χ3n) is 5.92. The first-order chi connectivity index (χ1) is 15.5. The molecule has 5 heteroatoms. The van der Waals surface area contributed by atoms with Gasteiger partial charge in [0.1, 0.15) is 17.1 Å². The van der Waals surface area contributed by atoms with E-state index in [0.29, 0.717) is 34.6 Å². The Kier molecular flexibility index (Phi) is 5.02. The summed E-state index contributed by atoms with van der Waals surface area (Å²) in [4.78, 5) is 27.9. The van der Waals surface area contributed by atoms with Crippen molar-refractivity contribution >= 4 is 22.6 Å². The number of fused-ring (bicyclic) bond motifs is 2. The number of aryl methyl sites for hydroxylation is 1. The fraction of sp³-hybridized carbons (Fsp3) is 0.185. The molecule has 5 nitrogen and oxygen atoms in total. The SMILES string of the molecule is Cc1oc2cc(O[C@H](C)C(=O)N3CCc4ccccc43)ccc2c(=O)c1-c1ccccc1. The van der Waals surface area contributed by atoms with Gasteiger partial charge in [-0.05, 0) is 49.6 Å². The number of ether oxygens (including phenoxy) is 1. The van der Waals surface area contributed by atoms with E-state index in [-0.39, 0.29) is 11.3 Å². The van der Waals surface area contributed by atoms with Crippen LogP contribution in [0.4, 0.5) is 5.69 Å². The number of hydrogen-bond donors (Lipinski definition) is 0. The Morgan fingerprint density at radius 1 is 1.03 bits per heavy atom. The van der Waals surface area contributed by atoms with Crippen molar-refractivity contribution < 1.29 is 13.9 Å². The molecular formula is C27H23NO4. The Hall–Kier alpha value is -3.86. The van der Waals surface area contributed by atoms with Gasteiger partial charge in [0, 0.05) is 18.3 Å². The average molecular weight is 425 g/mol. The molecule has 1 aromatic heterocycles. The van der Waals surface area contributed by atoms with Gasteiger partial charge in [0.05, 0.1) is 10.9 Å². The number of rotatable bonds is 4. The fourth-order valence-corrected chi connectivity index (χ4v) is 4.34. The number of nitrogens with zero attached hydrogens (tertiary/aromatic N) is 1. The minimum absolute atomic E-state index is 0.0840. The molecule has 2 heterocycles. The highest BCUT2D eigenvalue weighted by Gasteiger charge is 2.29. The topological polar surface area (TPSA) is 59.8 Å². The smallest absolute Gasteiger partial charge is 0.267 e. The van der Waals surface area contributed by atoms with Crippen LogP contribution in [-0.2, 0) is 11.2 Å². The molecule has 1 aliphatic heterocycles. The number of carbonyl (C=O) groups excluding carboxylic acids is 1. The maximum Gasteiger partial charge on any atom is 0.267 e. The maximum absolute atomic E-state index is 13.1. The van der Waals surface area contributed by atoms with Gasteiger partial charge in [-0.25, -0.2) is 0 Å². The van der Waals surface area contributed by atoms with Crippen molar-refractivity contribution in [2.75, 3.05) is 11.4 Å². The highest BCUT2D eigenvalue weighted by atomic mass is 16.5. The van der Waals surface area contributed by atoms with Gasteiger partial charge in [-0.3, -0.25) is 9.59 Å². The molecule has 5 rings (SSSR count). The van der Waals surface area contributed by atoms with E-state index in [1.807, 2.05) is 54.6 Å². The van der Waals surface area contributed by atoms with Crippen molar-refractivity contribution in [3.05, 3.63) is 94.3 Å². The summed E-state index contributed by atoms with van der Waals surface area (Å²) in [6, 6.07) is 22.5. The number of anilines is 1. The molecule has 3 aromatic carbocycles. The lowest BCUT2D eigenvalue weighted by molar-refractivity contribution is -0.124. The molecule has 0 fully saturated rings. The van der Waals surface area contributed by atoms with Crippen LogP contribution in [0.15, 0.2) is 82.0 Å². The second-order valence-corrected chi connectivity index (χ2v) is 8.02. The second-order valence-electron chi connectivity index (χ2n) is 8.02. The summed E-state index contributed by atoms with van der Waals surface area (Å²) in [5.74, 6) is 0.941. The molecule has 1 amide bonds. The van der Waals surface area contributed by atoms with E-state index in [1.165, 1.54) is 5.56 Å². The summed E-state index contributed by atoms with van der Waals surface area (Å²) >= 11 is 0. The van der Waals surface area contributed by atoms with Crippen LogP contribution in [0.2, 0.25) is 0 Å². The Labute approximate surface area is 185 Å². The first-order valence-corrected chi connectivity index (χ1v) is 10.7. The molecule has 4 aromatic rings. The first kappa shape index (κ1) is 20.1. The van der Waals surface area contributed by atoms with E-state index in [4.69, 9.17) is 9.15 Å². The number of amides is 1. The summed E-state index contributed by atoms with van der Waals surface area (Å²) in [7, 11) is 0. The highest BCUT2D eigenvalue weighted by molar-refractivity contribution is 5.98. The standard InChI is InChI=1S/C27H23NO4/c1-17-25(20-9-4-3-5-10-20)26(29)22-13-12-21(16-24(22)32-17)31-18(2)27(30)28-15-14-19-8-6-7-11-23(19)28/h3-13,16,18H,14-15H2,1-2H3/t18-/m1/s1. The van der Waals surface area contributed by atoms with Gasteiger partial charge in [0.15, 0.2) is 6.10 Å². The van der Waals surface area contributed by atoms with Crippen LogP contribution in [-0.4, -0.2) is 18.6 Å². The predicted molar refractivity (Wildman–Crippen MR) is 125 cm³/mol. The predicted octanol–water partition coefficient (Wildman–Crippen LogP) is 5.13. The molecule has 0 unspecified atom stereocenters.